The molecule has 0 spiro atoms. The van der Waals surface area contributed by atoms with Gasteiger partial charge in [0.2, 0.25) is 0 Å². The lowest BCUT2D eigenvalue weighted by molar-refractivity contribution is 1.34. The van der Waals surface area contributed by atoms with Crippen molar-refractivity contribution < 1.29 is 0 Å². The van der Waals surface area contributed by atoms with Gasteiger partial charge in [-0.1, -0.05) is 127 Å². The van der Waals surface area contributed by atoms with Gasteiger partial charge in [-0.2, -0.15) is 0 Å². The minimum Gasteiger partial charge on any atom is -0.256 e. The number of hydrogen-bond acceptors (Lipinski definition) is 1. The number of pyridine rings is 1. The van der Waals surface area contributed by atoms with Gasteiger partial charge in [-0.3, -0.25) is 4.98 Å². The van der Waals surface area contributed by atoms with E-state index in [-0.39, 0.29) is 0 Å². The first-order valence-electron chi connectivity index (χ1n) is 15.1. The smallest absolute Gasteiger partial charge is 0.0714 e. The van der Waals surface area contributed by atoms with E-state index in [1.54, 1.807) is 0 Å². The zero-order valence-corrected chi connectivity index (χ0v) is 24.0. The van der Waals surface area contributed by atoms with Crippen molar-refractivity contribution in [2.24, 2.45) is 0 Å². The summed E-state index contributed by atoms with van der Waals surface area (Å²) in [6.07, 6.45) is 1.88. The third-order valence-electron chi connectivity index (χ3n) is 9.06. The third-order valence-corrected chi connectivity index (χ3v) is 9.06. The predicted octanol–water partition coefficient (Wildman–Crippen LogP) is 11.8. The largest absolute Gasteiger partial charge is 0.256 e. The number of fused-ring (bicyclic) bond motifs is 6. The lowest BCUT2D eigenvalue weighted by Gasteiger charge is -2.18. The molecule has 9 rings (SSSR count). The van der Waals surface area contributed by atoms with Crippen LogP contribution in [0.5, 0.6) is 0 Å². The summed E-state index contributed by atoms with van der Waals surface area (Å²) in [5, 5.41) is 12.6. The highest BCUT2D eigenvalue weighted by atomic mass is 14.7. The van der Waals surface area contributed by atoms with Gasteiger partial charge in [-0.05, 0) is 106 Å². The Balaban J connectivity index is 1.29. The Labute approximate surface area is 255 Å². The van der Waals surface area contributed by atoms with Crippen LogP contribution in [0.15, 0.2) is 164 Å². The molecule has 1 nitrogen and oxygen atoms in total. The van der Waals surface area contributed by atoms with Crippen LogP contribution in [-0.2, 0) is 0 Å². The zero-order valence-electron chi connectivity index (χ0n) is 24.0. The zero-order chi connectivity index (χ0) is 29.0. The van der Waals surface area contributed by atoms with Crippen molar-refractivity contribution in [3.63, 3.8) is 0 Å². The van der Waals surface area contributed by atoms with E-state index in [0.29, 0.717) is 0 Å². The molecular formula is C43H27N. The molecule has 0 saturated heterocycles. The van der Waals surface area contributed by atoms with Crippen LogP contribution in [-0.4, -0.2) is 4.98 Å². The van der Waals surface area contributed by atoms with E-state index < -0.39 is 0 Å². The summed E-state index contributed by atoms with van der Waals surface area (Å²) >= 11 is 0. The summed E-state index contributed by atoms with van der Waals surface area (Å²) in [6.45, 7) is 0. The van der Waals surface area contributed by atoms with Gasteiger partial charge in [-0.25, -0.2) is 0 Å². The number of nitrogens with zero attached hydrogens (tertiary/aromatic N) is 1. The Kier molecular flexibility index (Phi) is 5.57. The van der Waals surface area contributed by atoms with E-state index in [4.69, 9.17) is 4.98 Å². The fraction of sp³-hybridized carbons (Fsp3) is 0. The first kappa shape index (κ1) is 24.8. The van der Waals surface area contributed by atoms with Gasteiger partial charge in [0.15, 0.2) is 0 Å². The molecule has 0 atom stereocenters. The Morgan fingerprint density at radius 1 is 0.318 bits per heavy atom. The molecule has 1 heteroatoms. The van der Waals surface area contributed by atoms with E-state index >= 15 is 0 Å². The number of benzene rings is 8. The van der Waals surface area contributed by atoms with E-state index in [1.165, 1.54) is 81.7 Å². The number of aromatic nitrogens is 1. The fourth-order valence-corrected chi connectivity index (χ4v) is 7.10. The van der Waals surface area contributed by atoms with Crippen LogP contribution in [0.3, 0.4) is 0 Å². The molecular weight excluding hydrogens is 530 g/mol. The summed E-state index contributed by atoms with van der Waals surface area (Å²) in [6, 6.07) is 57.3. The highest BCUT2D eigenvalue weighted by Gasteiger charge is 2.17. The Morgan fingerprint density at radius 3 is 1.66 bits per heavy atom. The summed E-state index contributed by atoms with van der Waals surface area (Å²) in [5.41, 5.74) is 7.12. The van der Waals surface area contributed by atoms with E-state index in [0.717, 1.165) is 5.69 Å². The molecule has 44 heavy (non-hydrogen) atoms. The van der Waals surface area contributed by atoms with Gasteiger partial charge in [0, 0.05) is 11.8 Å². The minimum atomic E-state index is 0.996. The highest BCUT2D eigenvalue weighted by molar-refractivity contribution is 6.21. The molecule has 0 bridgehead atoms. The molecule has 0 radical (unpaired) electrons. The topological polar surface area (TPSA) is 12.9 Å². The van der Waals surface area contributed by atoms with Crippen molar-refractivity contribution >= 4 is 53.9 Å². The lowest BCUT2D eigenvalue weighted by Crippen LogP contribution is -1.92. The van der Waals surface area contributed by atoms with Gasteiger partial charge in [0.1, 0.15) is 0 Å². The van der Waals surface area contributed by atoms with E-state index in [9.17, 15) is 0 Å². The molecule has 0 amide bonds. The molecule has 0 N–H and O–H groups in total. The van der Waals surface area contributed by atoms with Crippen molar-refractivity contribution in [2.75, 3.05) is 0 Å². The van der Waals surface area contributed by atoms with Gasteiger partial charge in [0.05, 0.1) is 5.69 Å². The average Bonchev–Trinajstić information content (AvgIpc) is 3.09. The molecule has 8 aromatic carbocycles. The van der Waals surface area contributed by atoms with E-state index in [2.05, 4.69) is 152 Å². The van der Waals surface area contributed by atoms with Crippen molar-refractivity contribution in [2.45, 2.75) is 0 Å². The molecule has 1 heterocycles. The molecule has 0 saturated carbocycles. The summed E-state index contributed by atoms with van der Waals surface area (Å²) in [7, 11) is 0. The van der Waals surface area contributed by atoms with Crippen LogP contribution in [0, 0.1) is 0 Å². The van der Waals surface area contributed by atoms with Crippen LogP contribution in [0.25, 0.3) is 87.4 Å². The number of hydrogen-bond donors (Lipinski definition) is 0. The Bertz CT molecular complexity index is 2490. The quantitative estimate of drug-likeness (QED) is 0.155. The normalized spacial score (nSPS) is 11.6. The first-order valence-corrected chi connectivity index (χ1v) is 15.1. The number of rotatable bonds is 3. The molecule has 0 unspecified atom stereocenters. The van der Waals surface area contributed by atoms with Gasteiger partial charge in [-0.15, -0.1) is 0 Å². The first-order chi connectivity index (χ1) is 21.8. The molecule has 0 aliphatic heterocycles. The monoisotopic (exact) mass is 557 g/mol. The maximum absolute atomic E-state index is 4.77. The van der Waals surface area contributed by atoms with Gasteiger partial charge >= 0.3 is 0 Å². The second-order valence-corrected chi connectivity index (χ2v) is 11.5. The summed E-state index contributed by atoms with van der Waals surface area (Å²) in [4.78, 5) is 4.77. The van der Waals surface area contributed by atoms with Crippen LogP contribution in [0.2, 0.25) is 0 Å². The fourth-order valence-electron chi connectivity index (χ4n) is 7.10. The summed E-state index contributed by atoms with van der Waals surface area (Å²) in [5.74, 6) is 0. The molecule has 204 valence electrons. The Hall–Kier alpha value is -5.79. The van der Waals surface area contributed by atoms with Crippen LogP contribution in [0.4, 0.5) is 0 Å². The van der Waals surface area contributed by atoms with Crippen molar-refractivity contribution in [3.05, 3.63) is 164 Å². The molecule has 0 aliphatic carbocycles. The summed E-state index contributed by atoms with van der Waals surface area (Å²) < 4.78 is 0. The third kappa shape index (κ3) is 3.83. The molecule has 0 aliphatic rings. The minimum absolute atomic E-state index is 0.996. The average molecular weight is 558 g/mol. The van der Waals surface area contributed by atoms with Crippen LogP contribution in [0.1, 0.15) is 0 Å². The van der Waals surface area contributed by atoms with Gasteiger partial charge in [0.25, 0.3) is 0 Å². The maximum atomic E-state index is 4.77. The second kappa shape index (κ2) is 9.90. The van der Waals surface area contributed by atoms with Crippen LogP contribution >= 0.6 is 0 Å². The van der Waals surface area contributed by atoms with E-state index in [1.807, 2.05) is 12.3 Å². The van der Waals surface area contributed by atoms with Crippen molar-refractivity contribution in [1.29, 1.82) is 0 Å². The standard InChI is InChI=1S/C43H27N/c1-2-12-29-27-40-31(25-28(29)11-1)22-23-35-33(19-10-20-34(35)40)30-13-9-14-32(26-30)42-36-15-3-5-17-38(36)43(41-21-7-8-24-44-41)39-18-6-4-16-37(39)42/h1-27H. The molecule has 0 fully saturated rings. The predicted molar refractivity (Wildman–Crippen MR) is 188 cm³/mol. The van der Waals surface area contributed by atoms with Gasteiger partial charge < -0.3 is 0 Å². The molecule has 9 aromatic rings. The van der Waals surface area contributed by atoms with Crippen LogP contribution < -0.4 is 0 Å². The second-order valence-electron chi connectivity index (χ2n) is 11.5. The SMILES string of the molecule is c1ccc(-c2c3ccccc3c(-c3cccc(-c4cccc5c4ccc4cc6ccccc6cc45)c3)c3ccccc23)nc1. The van der Waals surface area contributed by atoms with Crippen molar-refractivity contribution in [3.8, 4) is 33.5 Å². The highest BCUT2D eigenvalue weighted by Crippen LogP contribution is 2.44. The lowest BCUT2D eigenvalue weighted by atomic mass is 9.86. The molecule has 1 aromatic heterocycles. The Morgan fingerprint density at radius 2 is 0.932 bits per heavy atom. The van der Waals surface area contributed by atoms with Crippen molar-refractivity contribution in [1.82, 2.24) is 4.98 Å². The maximum Gasteiger partial charge on any atom is 0.0714 e.